The number of aryl methyl sites for hydroxylation is 1. The Morgan fingerprint density at radius 2 is 1.73 bits per heavy atom. The first-order valence-electron chi connectivity index (χ1n) is 7.12. The van der Waals surface area contributed by atoms with E-state index in [0.29, 0.717) is 5.69 Å². The number of hydrogen-bond donors (Lipinski definition) is 1. The third-order valence-electron chi connectivity index (χ3n) is 3.59. The molecule has 0 amide bonds. The number of aromatic nitrogens is 2. The summed E-state index contributed by atoms with van der Waals surface area (Å²) in [5.41, 5.74) is 4.80. The van der Waals surface area contributed by atoms with Crippen LogP contribution in [0.4, 0.5) is 0 Å². The van der Waals surface area contributed by atoms with Crippen LogP contribution < -0.4 is 4.74 Å². The predicted molar refractivity (Wildman–Crippen MR) is 86.2 cm³/mol. The fraction of sp³-hybridized carbons (Fsp3) is 0.167. The molecule has 4 heteroatoms. The average Bonchev–Trinajstić information content (AvgIpc) is 3.00. The van der Waals surface area contributed by atoms with Gasteiger partial charge in [0.1, 0.15) is 5.75 Å². The third kappa shape index (κ3) is 2.73. The van der Waals surface area contributed by atoms with Gasteiger partial charge in [-0.2, -0.15) is 5.10 Å². The van der Waals surface area contributed by atoms with Crippen molar-refractivity contribution in [1.82, 2.24) is 9.78 Å². The number of rotatable bonds is 4. The molecule has 1 aromatic heterocycles. The molecule has 0 unspecified atom stereocenters. The normalized spacial score (nSPS) is 10.7. The van der Waals surface area contributed by atoms with Crippen LogP contribution in [0.3, 0.4) is 0 Å². The molecule has 4 nitrogen and oxygen atoms in total. The monoisotopic (exact) mass is 294 g/mol. The van der Waals surface area contributed by atoms with Crippen LogP contribution in [0.5, 0.6) is 5.75 Å². The summed E-state index contributed by atoms with van der Waals surface area (Å²) in [4.78, 5) is 0. The molecule has 0 spiro atoms. The second-order valence-electron chi connectivity index (χ2n) is 5.15. The van der Waals surface area contributed by atoms with Crippen molar-refractivity contribution in [1.29, 1.82) is 0 Å². The summed E-state index contributed by atoms with van der Waals surface area (Å²) < 4.78 is 7.03. The average molecular weight is 294 g/mol. The Bertz CT molecular complexity index is 759. The molecule has 0 radical (unpaired) electrons. The Hall–Kier alpha value is -2.59. The molecule has 0 bridgehead atoms. The minimum Gasteiger partial charge on any atom is -0.497 e. The molecule has 0 aliphatic heterocycles. The number of aliphatic hydroxyl groups is 1. The summed E-state index contributed by atoms with van der Waals surface area (Å²) >= 11 is 0. The van der Waals surface area contributed by atoms with Crippen LogP contribution in [-0.4, -0.2) is 22.0 Å². The molecule has 0 atom stereocenters. The van der Waals surface area contributed by atoms with Crippen molar-refractivity contribution in [3.63, 3.8) is 0 Å². The lowest BCUT2D eigenvalue weighted by Crippen LogP contribution is -2.00. The first-order chi connectivity index (χ1) is 10.7. The Labute approximate surface area is 129 Å². The summed E-state index contributed by atoms with van der Waals surface area (Å²) in [5, 5.41) is 13.9. The van der Waals surface area contributed by atoms with Crippen LogP contribution >= 0.6 is 0 Å². The molecule has 112 valence electrons. The number of methoxy groups -OCH3 is 1. The van der Waals surface area contributed by atoms with E-state index in [-0.39, 0.29) is 6.61 Å². The highest BCUT2D eigenvalue weighted by atomic mass is 16.5. The van der Waals surface area contributed by atoms with Gasteiger partial charge >= 0.3 is 0 Å². The van der Waals surface area contributed by atoms with Crippen molar-refractivity contribution < 1.29 is 9.84 Å². The standard InChI is InChI=1S/C18H18N2O2/c1-13-3-5-14(6-4-13)18-11-15(12-21)19-20(18)16-7-9-17(22-2)10-8-16/h3-11,21H,12H2,1-2H3. The van der Waals surface area contributed by atoms with Crippen LogP contribution in [0, 0.1) is 6.92 Å². The molecule has 2 aromatic carbocycles. The Morgan fingerprint density at radius 3 is 2.32 bits per heavy atom. The second-order valence-corrected chi connectivity index (χ2v) is 5.15. The summed E-state index contributed by atoms with van der Waals surface area (Å²) in [7, 11) is 1.64. The van der Waals surface area contributed by atoms with Crippen molar-refractivity contribution in [2.45, 2.75) is 13.5 Å². The van der Waals surface area contributed by atoms with Gasteiger partial charge in [-0.05, 0) is 37.3 Å². The zero-order chi connectivity index (χ0) is 15.5. The van der Waals surface area contributed by atoms with E-state index in [4.69, 9.17) is 4.74 Å². The highest BCUT2D eigenvalue weighted by Gasteiger charge is 2.11. The van der Waals surface area contributed by atoms with Gasteiger partial charge in [0.15, 0.2) is 0 Å². The van der Waals surface area contributed by atoms with Crippen LogP contribution in [0.25, 0.3) is 16.9 Å². The maximum Gasteiger partial charge on any atom is 0.119 e. The van der Waals surface area contributed by atoms with E-state index in [1.165, 1.54) is 5.56 Å². The van der Waals surface area contributed by atoms with E-state index >= 15 is 0 Å². The molecule has 0 aliphatic rings. The first kappa shape index (κ1) is 14.4. The SMILES string of the molecule is COc1ccc(-n2nc(CO)cc2-c2ccc(C)cc2)cc1. The van der Waals surface area contributed by atoms with E-state index in [1.54, 1.807) is 7.11 Å². The van der Waals surface area contributed by atoms with Crippen LogP contribution in [0.15, 0.2) is 54.6 Å². The largest absolute Gasteiger partial charge is 0.497 e. The number of aliphatic hydroxyl groups excluding tert-OH is 1. The van der Waals surface area contributed by atoms with Crippen molar-refractivity contribution in [2.75, 3.05) is 7.11 Å². The molecule has 3 aromatic rings. The van der Waals surface area contributed by atoms with Crippen molar-refractivity contribution in [3.05, 3.63) is 65.9 Å². The van der Waals surface area contributed by atoms with E-state index in [0.717, 1.165) is 22.7 Å². The zero-order valence-electron chi connectivity index (χ0n) is 12.7. The minimum atomic E-state index is -0.0813. The molecule has 1 N–H and O–H groups in total. The quantitative estimate of drug-likeness (QED) is 0.802. The van der Waals surface area contributed by atoms with Gasteiger partial charge in [0, 0.05) is 5.56 Å². The van der Waals surface area contributed by atoms with Gasteiger partial charge in [0.25, 0.3) is 0 Å². The summed E-state index contributed by atoms with van der Waals surface area (Å²) in [5.74, 6) is 0.801. The molecule has 1 heterocycles. The Balaban J connectivity index is 2.09. The van der Waals surface area contributed by atoms with Crippen LogP contribution in [0.2, 0.25) is 0 Å². The van der Waals surface area contributed by atoms with E-state index in [1.807, 2.05) is 35.0 Å². The van der Waals surface area contributed by atoms with E-state index < -0.39 is 0 Å². The minimum absolute atomic E-state index is 0.0813. The molecule has 0 fully saturated rings. The maximum atomic E-state index is 9.40. The maximum absolute atomic E-state index is 9.40. The summed E-state index contributed by atoms with van der Waals surface area (Å²) in [6, 6.07) is 17.9. The molecule has 0 saturated heterocycles. The van der Waals surface area contributed by atoms with Crippen LogP contribution in [-0.2, 0) is 6.61 Å². The van der Waals surface area contributed by atoms with E-state index in [9.17, 15) is 5.11 Å². The molecule has 22 heavy (non-hydrogen) atoms. The third-order valence-corrected chi connectivity index (χ3v) is 3.59. The van der Waals surface area contributed by atoms with Crippen molar-refractivity contribution in [2.24, 2.45) is 0 Å². The van der Waals surface area contributed by atoms with Crippen molar-refractivity contribution >= 4 is 0 Å². The number of hydrogen-bond acceptors (Lipinski definition) is 3. The number of ether oxygens (including phenoxy) is 1. The lowest BCUT2D eigenvalue weighted by atomic mass is 10.1. The van der Waals surface area contributed by atoms with Gasteiger partial charge in [0.2, 0.25) is 0 Å². The van der Waals surface area contributed by atoms with Gasteiger partial charge < -0.3 is 9.84 Å². The molecule has 0 saturated carbocycles. The fourth-order valence-electron chi connectivity index (χ4n) is 2.36. The lowest BCUT2D eigenvalue weighted by molar-refractivity contribution is 0.276. The molecular formula is C18H18N2O2. The van der Waals surface area contributed by atoms with E-state index in [2.05, 4.69) is 36.3 Å². The predicted octanol–water partition coefficient (Wildman–Crippen LogP) is 3.35. The summed E-state index contributed by atoms with van der Waals surface area (Å²) in [6.07, 6.45) is 0. The van der Waals surface area contributed by atoms with Gasteiger partial charge in [-0.15, -0.1) is 0 Å². The number of benzene rings is 2. The molecule has 3 rings (SSSR count). The van der Waals surface area contributed by atoms with Gasteiger partial charge in [-0.25, -0.2) is 4.68 Å². The van der Waals surface area contributed by atoms with Gasteiger partial charge in [-0.1, -0.05) is 29.8 Å². The summed E-state index contributed by atoms with van der Waals surface area (Å²) in [6.45, 7) is 1.98. The molecule has 0 aliphatic carbocycles. The van der Waals surface area contributed by atoms with Gasteiger partial charge in [-0.3, -0.25) is 0 Å². The fourth-order valence-corrected chi connectivity index (χ4v) is 2.36. The Morgan fingerprint density at radius 1 is 1.05 bits per heavy atom. The van der Waals surface area contributed by atoms with Crippen LogP contribution in [0.1, 0.15) is 11.3 Å². The zero-order valence-corrected chi connectivity index (χ0v) is 12.7. The highest BCUT2D eigenvalue weighted by Crippen LogP contribution is 2.25. The highest BCUT2D eigenvalue weighted by molar-refractivity contribution is 5.63. The van der Waals surface area contributed by atoms with Gasteiger partial charge in [0.05, 0.1) is 30.8 Å². The number of nitrogens with zero attached hydrogens (tertiary/aromatic N) is 2. The smallest absolute Gasteiger partial charge is 0.119 e. The second kappa shape index (κ2) is 6.03. The van der Waals surface area contributed by atoms with Crippen molar-refractivity contribution in [3.8, 4) is 22.7 Å². The first-order valence-corrected chi connectivity index (χ1v) is 7.12. The topological polar surface area (TPSA) is 47.3 Å². The lowest BCUT2D eigenvalue weighted by Gasteiger charge is -2.09. The Kier molecular flexibility index (Phi) is 3.94. The molecular weight excluding hydrogens is 276 g/mol.